The van der Waals surface area contributed by atoms with E-state index in [9.17, 15) is 9.59 Å². The van der Waals surface area contributed by atoms with E-state index < -0.39 is 6.04 Å². The largest absolute Gasteiger partial charge is 0.343 e. The third kappa shape index (κ3) is 3.51. The summed E-state index contributed by atoms with van der Waals surface area (Å²) < 4.78 is 0. The fourth-order valence-corrected chi connectivity index (χ4v) is 1.73. The number of hydrogen-bond donors (Lipinski definition) is 2. The van der Waals surface area contributed by atoms with Gasteiger partial charge in [-0.1, -0.05) is 0 Å². The highest BCUT2D eigenvalue weighted by atomic mass is 16.2. The van der Waals surface area contributed by atoms with E-state index >= 15 is 0 Å². The molecule has 5 nitrogen and oxygen atoms in total. The lowest BCUT2D eigenvalue weighted by Crippen LogP contribution is -2.47. The minimum Gasteiger partial charge on any atom is -0.343 e. The lowest BCUT2D eigenvalue weighted by Gasteiger charge is -2.21. The first-order valence-corrected chi connectivity index (χ1v) is 5.38. The Morgan fingerprint density at radius 1 is 1.33 bits per heavy atom. The average Bonchev–Trinajstić information content (AvgIpc) is 2.69. The molecule has 0 aliphatic carbocycles. The predicted molar refractivity (Wildman–Crippen MR) is 57.3 cm³/mol. The summed E-state index contributed by atoms with van der Waals surface area (Å²) in [5.74, 6) is -0.116. The molecule has 0 spiro atoms. The lowest BCUT2D eigenvalue weighted by molar-refractivity contribution is -0.134. The molecule has 0 bridgehead atoms. The summed E-state index contributed by atoms with van der Waals surface area (Å²) >= 11 is 0. The molecule has 1 fully saturated rings. The Morgan fingerprint density at radius 2 is 1.93 bits per heavy atom. The zero-order valence-electron chi connectivity index (χ0n) is 9.38. The van der Waals surface area contributed by atoms with Crippen molar-refractivity contribution >= 4 is 11.8 Å². The maximum Gasteiger partial charge on any atom is 0.244 e. The van der Waals surface area contributed by atoms with Crippen LogP contribution in [0.1, 0.15) is 19.8 Å². The van der Waals surface area contributed by atoms with Crippen LogP contribution >= 0.6 is 0 Å². The van der Waals surface area contributed by atoms with E-state index in [1.807, 2.05) is 4.90 Å². The molecule has 1 aliphatic heterocycles. The van der Waals surface area contributed by atoms with Gasteiger partial charge in [-0.15, -0.1) is 0 Å². The van der Waals surface area contributed by atoms with E-state index in [0.717, 1.165) is 25.9 Å². The molecule has 0 aromatic heterocycles. The zero-order chi connectivity index (χ0) is 11.3. The SMILES string of the molecule is CNCC(=O)NC(C)C(=O)N1CCCC1. The average molecular weight is 213 g/mol. The molecular formula is C10H19N3O2. The van der Waals surface area contributed by atoms with Crippen LogP contribution in [0, 0.1) is 0 Å². The number of nitrogens with zero attached hydrogens (tertiary/aromatic N) is 1. The molecule has 1 atom stereocenters. The zero-order valence-corrected chi connectivity index (χ0v) is 9.38. The van der Waals surface area contributed by atoms with Gasteiger partial charge in [-0.25, -0.2) is 0 Å². The van der Waals surface area contributed by atoms with Gasteiger partial charge in [0.1, 0.15) is 6.04 Å². The van der Waals surface area contributed by atoms with E-state index in [-0.39, 0.29) is 18.4 Å². The second-order valence-corrected chi connectivity index (χ2v) is 3.85. The van der Waals surface area contributed by atoms with Crippen LogP contribution in [0.25, 0.3) is 0 Å². The predicted octanol–water partition coefficient (Wildman–Crippen LogP) is -0.667. The molecule has 1 heterocycles. The van der Waals surface area contributed by atoms with Gasteiger partial charge in [0.05, 0.1) is 6.54 Å². The number of rotatable bonds is 4. The molecule has 2 N–H and O–H groups in total. The van der Waals surface area contributed by atoms with Gasteiger partial charge in [0, 0.05) is 13.1 Å². The Balaban J connectivity index is 2.35. The van der Waals surface area contributed by atoms with Gasteiger partial charge in [-0.05, 0) is 26.8 Å². The molecule has 5 heteroatoms. The van der Waals surface area contributed by atoms with Gasteiger partial charge in [-0.3, -0.25) is 9.59 Å². The molecular weight excluding hydrogens is 194 g/mol. The minimum atomic E-state index is -0.413. The quantitative estimate of drug-likeness (QED) is 0.651. The van der Waals surface area contributed by atoms with Crippen molar-refractivity contribution in [2.24, 2.45) is 0 Å². The summed E-state index contributed by atoms with van der Waals surface area (Å²) in [6.07, 6.45) is 2.14. The normalized spacial score (nSPS) is 17.6. The first-order chi connectivity index (χ1) is 7.15. The molecule has 1 unspecified atom stereocenters. The molecule has 0 aromatic rings. The Morgan fingerprint density at radius 3 is 2.47 bits per heavy atom. The topological polar surface area (TPSA) is 61.4 Å². The molecule has 2 amide bonds. The second kappa shape index (κ2) is 5.70. The fraction of sp³-hybridized carbons (Fsp3) is 0.800. The smallest absolute Gasteiger partial charge is 0.244 e. The number of carbonyl (C=O) groups is 2. The van der Waals surface area contributed by atoms with Crippen molar-refractivity contribution in [3.05, 3.63) is 0 Å². The van der Waals surface area contributed by atoms with Gasteiger partial charge in [0.15, 0.2) is 0 Å². The van der Waals surface area contributed by atoms with Crippen LogP contribution in [0.15, 0.2) is 0 Å². The molecule has 15 heavy (non-hydrogen) atoms. The molecule has 86 valence electrons. The standard InChI is InChI=1S/C10H19N3O2/c1-8(12-9(14)7-11-2)10(15)13-5-3-4-6-13/h8,11H,3-7H2,1-2H3,(H,12,14). The van der Waals surface area contributed by atoms with Crippen LogP contribution in [-0.4, -0.2) is 49.4 Å². The number of likely N-dealkylation sites (tertiary alicyclic amines) is 1. The molecule has 0 saturated carbocycles. The van der Waals surface area contributed by atoms with Crippen molar-refractivity contribution in [1.29, 1.82) is 0 Å². The van der Waals surface area contributed by atoms with Crippen molar-refractivity contribution in [1.82, 2.24) is 15.5 Å². The van der Waals surface area contributed by atoms with Crippen molar-refractivity contribution < 1.29 is 9.59 Å². The van der Waals surface area contributed by atoms with Gasteiger partial charge < -0.3 is 15.5 Å². The molecule has 0 radical (unpaired) electrons. The summed E-state index contributed by atoms with van der Waals surface area (Å²) in [7, 11) is 1.70. The molecule has 1 aliphatic rings. The van der Waals surface area contributed by atoms with E-state index in [4.69, 9.17) is 0 Å². The Hall–Kier alpha value is -1.10. The fourth-order valence-electron chi connectivity index (χ4n) is 1.73. The monoisotopic (exact) mass is 213 g/mol. The summed E-state index contributed by atoms with van der Waals surface area (Å²) in [4.78, 5) is 24.8. The number of nitrogens with one attached hydrogen (secondary N) is 2. The highest BCUT2D eigenvalue weighted by Crippen LogP contribution is 2.08. The van der Waals surface area contributed by atoms with Crippen molar-refractivity contribution in [3.8, 4) is 0 Å². The third-order valence-electron chi connectivity index (χ3n) is 2.50. The van der Waals surface area contributed by atoms with Crippen molar-refractivity contribution in [2.45, 2.75) is 25.8 Å². The maximum atomic E-state index is 11.8. The minimum absolute atomic E-state index is 0.0250. The second-order valence-electron chi connectivity index (χ2n) is 3.85. The first-order valence-electron chi connectivity index (χ1n) is 5.38. The Kier molecular flexibility index (Phi) is 4.55. The third-order valence-corrected chi connectivity index (χ3v) is 2.50. The van der Waals surface area contributed by atoms with Gasteiger partial charge >= 0.3 is 0 Å². The highest BCUT2D eigenvalue weighted by Gasteiger charge is 2.23. The van der Waals surface area contributed by atoms with Crippen LogP contribution in [-0.2, 0) is 9.59 Å². The van der Waals surface area contributed by atoms with Crippen molar-refractivity contribution in [2.75, 3.05) is 26.7 Å². The summed E-state index contributed by atoms with van der Waals surface area (Å²) in [5, 5.41) is 5.41. The van der Waals surface area contributed by atoms with Crippen LogP contribution in [0.3, 0.4) is 0 Å². The van der Waals surface area contributed by atoms with Crippen LogP contribution in [0.4, 0.5) is 0 Å². The van der Waals surface area contributed by atoms with E-state index in [1.54, 1.807) is 14.0 Å². The van der Waals surface area contributed by atoms with Crippen molar-refractivity contribution in [3.63, 3.8) is 0 Å². The summed E-state index contributed by atoms with van der Waals surface area (Å²) in [6.45, 7) is 3.63. The maximum absolute atomic E-state index is 11.8. The number of likely N-dealkylation sites (N-methyl/N-ethyl adjacent to an activating group) is 1. The van der Waals surface area contributed by atoms with Gasteiger partial charge in [0.25, 0.3) is 0 Å². The Labute approximate surface area is 90.2 Å². The van der Waals surface area contributed by atoms with Crippen LogP contribution in [0.5, 0.6) is 0 Å². The summed E-state index contributed by atoms with van der Waals surface area (Å²) in [6, 6.07) is -0.413. The van der Waals surface area contributed by atoms with Gasteiger partial charge in [-0.2, -0.15) is 0 Å². The lowest BCUT2D eigenvalue weighted by atomic mass is 10.3. The molecule has 1 rings (SSSR count). The first kappa shape index (κ1) is 12.0. The van der Waals surface area contributed by atoms with Gasteiger partial charge in [0.2, 0.25) is 11.8 Å². The van der Waals surface area contributed by atoms with E-state index in [1.165, 1.54) is 0 Å². The van der Waals surface area contributed by atoms with E-state index in [2.05, 4.69) is 10.6 Å². The number of hydrogen-bond acceptors (Lipinski definition) is 3. The molecule has 0 aromatic carbocycles. The summed E-state index contributed by atoms with van der Waals surface area (Å²) in [5.41, 5.74) is 0. The molecule has 1 saturated heterocycles. The Bertz CT molecular complexity index is 237. The van der Waals surface area contributed by atoms with E-state index in [0.29, 0.717) is 0 Å². The van der Waals surface area contributed by atoms with Crippen LogP contribution < -0.4 is 10.6 Å². The number of carbonyl (C=O) groups excluding carboxylic acids is 2. The van der Waals surface area contributed by atoms with Crippen LogP contribution in [0.2, 0.25) is 0 Å². The highest BCUT2D eigenvalue weighted by molar-refractivity contribution is 5.88. The number of amides is 2.